The number of rotatable bonds is 5. The predicted octanol–water partition coefficient (Wildman–Crippen LogP) is 18.5. The maximum absolute atomic E-state index is 6.56. The van der Waals surface area contributed by atoms with Crippen LogP contribution in [0.15, 0.2) is 247 Å². The van der Waals surface area contributed by atoms with Crippen LogP contribution in [0.4, 0.5) is 17.1 Å². The highest BCUT2D eigenvalue weighted by Gasteiger charge is 2.51. The average Bonchev–Trinajstić information content (AvgIpc) is 4.20. The highest BCUT2D eigenvalue weighted by Crippen LogP contribution is 2.63. The van der Waals surface area contributed by atoms with Gasteiger partial charge in [0.05, 0.1) is 16.4 Å². The van der Waals surface area contributed by atoms with Crippen molar-refractivity contribution in [3.8, 4) is 50.2 Å². The van der Waals surface area contributed by atoms with Gasteiger partial charge in [0.1, 0.15) is 11.2 Å². The molecule has 2 aromatic heterocycles. The Morgan fingerprint density at radius 3 is 1.58 bits per heavy atom. The molecule has 0 atom stereocenters. The summed E-state index contributed by atoms with van der Waals surface area (Å²) in [5.74, 6) is 0. The number of furan rings is 1. The SMILES string of the molecule is CC1(C)c2ccccc2-c2cc3c4cc(-c5ccc(N(c6ccc7c(c6)-c6ccccc6C76c7ccccc7-c7ccccc76)c6ccc7c(c6)oc6ccccc67)cc5)ccc4n(-c4ccccc4)c3cc21. The summed E-state index contributed by atoms with van der Waals surface area (Å²) in [6, 6.07) is 90.1. The fraction of sp³-hybridized carbons (Fsp3) is 0.0571. The number of nitrogens with zero attached hydrogens (tertiary/aromatic N) is 2. The fourth-order valence-electron chi connectivity index (χ4n) is 13.6. The summed E-state index contributed by atoms with van der Waals surface area (Å²) in [7, 11) is 0. The molecule has 0 bridgehead atoms. The minimum atomic E-state index is -0.410. The van der Waals surface area contributed by atoms with Crippen LogP contribution < -0.4 is 4.90 Å². The van der Waals surface area contributed by atoms with Crippen molar-refractivity contribution in [3.05, 3.63) is 276 Å². The Balaban J connectivity index is 0.863. The average molecular weight is 931 g/mol. The van der Waals surface area contributed by atoms with Gasteiger partial charge in [0.15, 0.2) is 0 Å². The summed E-state index contributed by atoms with van der Waals surface area (Å²) >= 11 is 0. The van der Waals surface area contributed by atoms with Crippen LogP contribution in [-0.4, -0.2) is 4.57 Å². The van der Waals surface area contributed by atoms with Gasteiger partial charge in [-0.1, -0.05) is 172 Å². The zero-order valence-electron chi connectivity index (χ0n) is 40.4. The van der Waals surface area contributed by atoms with Crippen LogP contribution in [0.25, 0.3) is 93.9 Å². The van der Waals surface area contributed by atoms with Gasteiger partial charge in [-0.2, -0.15) is 0 Å². The molecule has 0 unspecified atom stereocenters. The van der Waals surface area contributed by atoms with E-state index in [1.807, 2.05) is 6.07 Å². The molecule has 3 aliphatic carbocycles. The molecule has 342 valence electrons. The van der Waals surface area contributed by atoms with Crippen molar-refractivity contribution in [1.82, 2.24) is 4.57 Å². The lowest BCUT2D eigenvalue weighted by atomic mass is 9.70. The molecule has 13 aromatic rings. The first-order valence-electron chi connectivity index (χ1n) is 25.5. The van der Waals surface area contributed by atoms with Crippen molar-refractivity contribution in [1.29, 1.82) is 0 Å². The van der Waals surface area contributed by atoms with Crippen molar-refractivity contribution in [2.75, 3.05) is 4.90 Å². The molecular weight excluding hydrogens is 885 g/mol. The van der Waals surface area contributed by atoms with Crippen molar-refractivity contribution >= 4 is 60.8 Å². The second-order valence-corrected chi connectivity index (χ2v) is 20.8. The molecule has 0 N–H and O–H groups in total. The van der Waals surface area contributed by atoms with E-state index in [4.69, 9.17) is 4.42 Å². The maximum Gasteiger partial charge on any atom is 0.137 e. The number of fused-ring (bicyclic) bond motifs is 19. The molecule has 0 radical (unpaired) electrons. The third-order valence-electron chi connectivity index (χ3n) is 16.8. The minimum absolute atomic E-state index is 0.0996. The van der Waals surface area contributed by atoms with Gasteiger partial charge in [0, 0.05) is 55.8 Å². The number of aromatic nitrogens is 1. The van der Waals surface area contributed by atoms with E-state index in [9.17, 15) is 0 Å². The third kappa shape index (κ3) is 5.43. The molecule has 0 aliphatic heterocycles. The number of para-hydroxylation sites is 2. The molecule has 0 saturated heterocycles. The summed E-state index contributed by atoms with van der Waals surface area (Å²) in [6.07, 6.45) is 0. The summed E-state index contributed by atoms with van der Waals surface area (Å²) in [6.45, 7) is 4.73. The molecule has 1 spiro atoms. The Labute approximate surface area is 423 Å². The van der Waals surface area contributed by atoms with E-state index in [0.29, 0.717) is 0 Å². The van der Waals surface area contributed by atoms with Gasteiger partial charge in [0.2, 0.25) is 0 Å². The van der Waals surface area contributed by atoms with Crippen molar-refractivity contribution < 1.29 is 4.42 Å². The Morgan fingerprint density at radius 1 is 0.329 bits per heavy atom. The van der Waals surface area contributed by atoms with E-state index in [1.54, 1.807) is 0 Å². The molecular formula is C70H46N2O. The van der Waals surface area contributed by atoms with Gasteiger partial charge in [-0.15, -0.1) is 0 Å². The van der Waals surface area contributed by atoms with Crippen molar-refractivity contribution in [2.24, 2.45) is 0 Å². The Bertz CT molecular complexity index is 4430. The smallest absolute Gasteiger partial charge is 0.137 e. The van der Waals surface area contributed by atoms with E-state index < -0.39 is 5.41 Å². The molecule has 3 aliphatic rings. The third-order valence-corrected chi connectivity index (χ3v) is 16.8. The molecule has 0 saturated carbocycles. The first-order chi connectivity index (χ1) is 35.9. The summed E-state index contributed by atoms with van der Waals surface area (Å²) in [5.41, 5.74) is 26.3. The lowest BCUT2D eigenvalue weighted by Crippen LogP contribution is -2.25. The summed E-state index contributed by atoms with van der Waals surface area (Å²) in [4.78, 5) is 2.40. The van der Waals surface area contributed by atoms with Crippen LogP contribution in [0.1, 0.15) is 47.2 Å². The van der Waals surface area contributed by atoms with Gasteiger partial charge in [0.25, 0.3) is 0 Å². The van der Waals surface area contributed by atoms with Gasteiger partial charge in [-0.05, 0) is 157 Å². The van der Waals surface area contributed by atoms with Gasteiger partial charge < -0.3 is 13.9 Å². The predicted molar refractivity (Wildman–Crippen MR) is 302 cm³/mol. The van der Waals surface area contributed by atoms with E-state index in [2.05, 4.69) is 260 Å². The van der Waals surface area contributed by atoms with Gasteiger partial charge >= 0.3 is 0 Å². The Kier molecular flexibility index (Phi) is 8.16. The second kappa shape index (κ2) is 14.7. The van der Waals surface area contributed by atoms with Gasteiger partial charge in [-0.25, -0.2) is 0 Å². The number of hydrogen-bond donors (Lipinski definition) is 0. The quantitative estimate of drug-likeness (QED) is 0.171. The highest BCUT2D eigenvalue weighted by molar-refractivity contribution is 6.13. The van der Waals surface area contributed by atoms with E-state index in [0.717, 1.165) is 50.3 Å². The normalized spacial score (nSPS) is 14.1. The maximum atomic E-state index is 6.56. The van der Waals surface area contributed by atoms with E-state index in [-0.39, 0.29) is 5.41 Å². The zero-order chi connectivity index (χ0) is 48.2. The number of anilines is 3. The molecule has 2 heterocycles. The molecule has 73 heavy (non-hydrogen) atoms. The Morgan fingerprint density at radius 2 is 0.849 bits per heavy atom. The van der Waals surface area contributed by atoms with E-state index >= 15 is 0 Å². The van der Waals surface area contributed by atoms with Crippen molar-refractivity contribution in [2.45, 2.75) is 24.7 Å². The zero-order valence-corrected chi connectivity index (χ0v) is 40.4. The molecule has 3 heteroatoms. The first kappa shape index (κ1) is 40.5. The van der Waals surface area contributed by atoms with Crippen LogP contribution in [0.2, 0.25) is 0 Å². The van der Waals surface area contributed by atoms with E-state index in [1.165, 1.54) is 94.1 Å². The second-order valence-electron chi connectivity index (χ2n) is 20.8. The van der Waals surface area contributed by atoms with Crippen LogP contribution in [0.3, 0.4) is 0 Å². The van der Waals surface area contributed by atoms with Crippen LogP contribution in [0.5, 0.6) is 0 Å². The monoisotopic (exact) mass is 930 g/mol. The van der Waals surface area contributed by atoms with Crippen LogP contribution in [0, 0.1) is 0 Å². The van der Waals surface area contributed by atoms with Crippen molar-refractivity contribution in [3.63, 3.8) is 0 Å². The van der Waals surface area contributed by atoms with Crippen LogP contribution >= 0.6 is 0 Å². The fourth-order valence-corrected chi connectivity index (χ4v) is 13.6. The topological polar surface area (TPSA) is 21.3 Å². The summed E-state index contributed by atoms with van der Waals surface area (Å²) < 4.78 is 9.01. The minimum Gasteiger partial charge on any atom is -0.456 e. The molecule has 16 rings (SSSR count). The number of hydrogen-bond acceptors (Lipinski definition) is 2. The Hall–Kier alpha value is -9.18. The standard InChI is InChI=1S/C70H46N2O/c1-69(2)59-23-11-6-20-51(59)56-41-58-57-38-44(30-37-65(57)72(66(58)42-64(56)69)45-16-4-3-5-17-45)43-28-31-46(32-29-43)71(48-33-35-54-53-22-10-15-27-67(53)73-68(54)40-48)47-34-36-63-55(39-47)52-21-9-14-26-62(52)70(63)60-24-12-7-18-49(60)50-19-8-13-25-61(50)70/h3-42H,1-2H3. The molecule has 0 fully saturated rings. The first-order valence-corrected chi connectivity index (χ1v) is 25.5. The largest absolute Gasteiger partial charge is 0.456 e. The lowest BCUT2D eigenvalue weighted by molar-refractivity contribution is 0.661. The van der Waals surface area contributed by atoms with Gasteiger partial charge in [-0.3, -0.25) is 0 Å². The lowest BCUT2D eigenvalue weighted by Gasteiger charge is -2.31. The van der Waals surface area contributed by atoms with Crippen LogP contribution in [-0.2, 0) is 10.8 Å². The molecule has 11 aromatic carbocycles. The summed E-state index contributed by atoms with van der Waals surface area (Å²) in [5, 5.41) is 4.74. The highest BCUT2D eigenvalue weighted by atomic mass is 16.3. The molecule has 3 nitrogen and oxygen atoms in total. The number of benzene rings is 11. The molecule has 0 amide bonds.